The number of aromatic nitrogens is 4. The second-order valence-electron chi connectivity index (χ2n) is 6.32. The molecular weight excluding hydrogens is 406 g/mol. The van der Waals surface area contributed by atoms with Crippen LogP contribution in [0.1, 0.15) is 11.8 Å². The Morgan fingerprint density at radius 1 is 1.21 bits per heavy atom. The quantitative estimate of drug-likeness (QED) is 0.349. The number of benzene rings is 1. The van der Waals surface area contributed by atoms with Crippen molar-refractivity contribution in [3.63, 3.8) is 0 Å². The maximum atomic E-state index is 10.3. The first kappa shape index (κ1) is 19.4. The van der Waals surface area contributed by atoms with Gasteiger partial charge in [-0.25, -0.2) is 9.97 Å². The van der Waals surface area contributed by atoms with Gasteiger partial charge in [-0.1, -0.05) is 41.6 Å². The molecular formula is C17H18ClN5O4S. The summed E-state index contributed by atoms with van der Waals surface area (Å²) in [5, 5.41) is 30.8. The van der Waals surface area contributed by atoms with E-state index in [4.69, 9.17) is 22.1 Å². The van der Waals surface area contributed by atoms with E-state index in [0.29, 0.717) is 27.0 Å². The van der Waals surface area contributed by atoms with Gasteiger partial charge in [0.25, 0.3) is 0 Å². The van der Waals surface area contributed by atoms with Gasteiger partial charge in [0.1, 0.15) is 28.9 Å². The van der Waals surface area contributed by atoms with Crippen molar-refractivity contribution >= 4 is 40.5 Å². The molecule has 0 spiro atoms. The van der Waals surface area contributed by atoms with Crippen molar-refractivity contribution in [3.8, 4) is 0 Å². The van der Waals surface area contributed by atoms with Gasteiger partial charge in [-0.2, -0.15) is 4.98 Å². The molecule has 0 amide bonds. The third kappa shape index (κ3) is 3.43. The van der Waals surface area contributed by atoms with E-state index >= 15 is 0 Å². The summed E-state index contributed by atoms with van der Waals surface area (Å²) in [7, 11) is 0. The molecule has 9 nitrogen and oxygen atoms in total. The molecule has 11 heteroatoms. The summed E-state index contributed by atoms with van der Waals surface area (Å²) in [6.45, 7) is -0.419. The summed E-state index contributed by atoms with van der Waals surface area (Å²) in [6.07, 6.45) is -2.87. The van der Waals surface area contributed by atoms with Crippen LogP contribution in [-0.2, 0) is 10.5 Å². The summed E-state index contributed by atoms with van der Waals surface area (Å²) >= 11 is 7.62. The van der Waals surface area contributed by atoms with Gasteiger partial charge in [-0.15, -0.1) is 0 Å². The Labute approximate surface area is 169 Å². The highest BCUT2D eigenvalue weighted by molar-refractivity contribution is 7.98. The number of aliphatic hydroxyl groups is 3. The van der Waals surface area contributed by atoms with E-state index in [1.807, 2.05) is 24.3 Å². The van der Waals surface area contributed by atoms with Crippen molar-refractivity contribution in [1.82, 2.24) is 19.5 Å². The molecule has 2 aromatic heterocycles. The largest absolute Gasteiger partial charge is 0.394 e. The predicted molar refractivity (Wildman–Crippen MR) is 104 cm³/mol. The molecule has 4 rings (SSSR count). The normalized spacial score (nSPS) is 24.9. The van der Waals surface area contributed by atoms with Crippen molar-refractivity contribution in [3.05, 3.63) is 41.2 Å². The summed E-state index contributed by atoms with van der Waals surface area (Å²) in [5.74, 6) is 0.606. The second-order valence-corrected chi connectivity index (χ2v) is 7.69. The van der Waals surface area contributed by atoms with Crippen molar-refractivity contribution in [1.29, 1.82) is 0 Å². The molecule has 0 radical (unpaired) electrons. The molecule has 1 aliphatic heterocycles. The van der Waals surface area contributed by atoms with E-state index in [-0.39, 0.29) is 5.95 Å². The Morgan fingerprint density at radius 2 is 2.00 bits per heavy atom. The molecule has 0 aliphatic carbocycles. The number of hydrogen-bond acceptors (Lipinski definition) is 9. The molecule has 3 aromatic rings. The van der Waals surface area contributed by atoms with E-state index in [0.717, 1.165) is 5.56 Å². The van der Waals surface area contributed by atoms with E-state index in [9.17, 15) is 15.3 Å². The number of nitrogens with zero attached hydrogens (tertiary/aromatic N) is 4. The number of nitrogen functional groups attached to an aromatic ring is 1. The molecule has 0 bridgehead atoms. The van der Waals surface area contributed by atoms with Crippen LogP contribution in [0.4, 0.5) is 5.95 Å². The standard InChI is InChI=1S/C17H18ClN5O4S/c18-9-4-2-1-3-8(9)6-28-15-11-14(21-17(19)22-15)23(7-20-11)16-13(26)12(25)10(5-24)27-16/h1-4,7,10,12-13,16,24-26H,5-6H2,(H2,19,21,22)/t10-,12-,13-,16-/m1/s1. The molecule has 148 valence electrons. The third-order valence-corrected chi connectivity index (χ3v) is 5.90. The van der Waals surface area contributed by atoms with Gasteiger partial charge in [0.2, 0.25) is 5.95 Å². The van der Waals surface area contributed by atoms with Gasteiger partial charge in [0.15, 0.2) is 11.9 Å². The molecule has 0 unspecified atom stereocenters. The Kier molecular flexibility index (Phi) is 5.41. The topological polar surface area (TPSA) is 140 Å². The predicted octanol–water partition coefficient (Wildman–Crippen LogP) is 0.966. The average Bonchev–Trinajstić information content (AvgIpc) is 3.22. The number of fused-ring (bicyclic) bond motifs is 1. The van der Waals surface area contributed by atoms with E-state index in [2.05, 4.69) is 15.0 Å². The lowest BCUT2D eigenvalue weighted by atomic mass is 10.1. The molecule has 3 heterocycles. The number of ether oxygens (including phenoxy) is 1. The minimum atomic E-state index is -1.25. The van der Waals surface area contributed by atoms with Crippen molar-refractivity contribution in [2.75, 3.05) is 12.3 Å². The number of imidazole rings is 1. The van der Waals surface area contributed by atoms with Gasteiger partial charge < -0.3 is 25.8 Å². The average molecular weight is 424 g/mol. The fraction of sp³-hybridized carbons (Fsp3) is 0.353. The van der Waals surface area contributed by atoms with Crippen LogP contribution in [0, 0.1) is 0 Å². The van der Waals surface area contributed by atoms with Crippen molar-refractivity contribution in [2.45, 2.75) is 35.3 Å². The number of anilines is 1. The monoisotopic (exact) mass is 423 g/mol. The summed E-state index contributed by atoms with van der Waals surface area (Å²) in [5.41, 5.74) is 7.67. The minimum absolute atomic E-state index is 0.0441. The van der Waals surface area contributed by atoms with E-state index in [1.54, 1.807) is 0 Å². The fourth-order valence-corrected chi connectivity index (χ4v) is 4.33. The van der Waals surface area contributed by atoms with Gasteiger partial charge in [0, 0.05) is 10.8 Å². The summed E-state index contributed by atoms with van der Waals surface area (Å²) in [4.78, 5) is 12.8. The zero-order chi connectivity index (χ0) is 19.8. The van der Waals surface area contributed by atoms with Crippen LogP contribution >= 0.6 is 23.4 Å². The van der Waals surface area contributed by atoms with E-state index < -0.39 is 31.1 Å². The highest BCUT2D eigenvalue weighted by Crippen LogP contribution is 2.34. The zero-order valence-corrected chi connectivity index (χ0v) is 16.1. The number of rotatable bonds is 5. The maximum absolute atomic E-state index is 10.3. The number of nitrogens with two attached hydrogens (primary N) is 1. The molecule has 1 aliphatic rings. The molecule has 4 atom stereocenters. The van der Waals surface area contributed by atoms with Crippen molar-refractivity contribution < 1.29 is 20.1 Å². The molecule has 1 fully saturated rings. The van der Waals surface area contributed by atoms with Crippen LogP contribution < -0.4 is 5.73 Å². The highest BCUT2D eigenvalue weighted by Gasteiger charge is 2.44. The van der Waals surface area contributed by atoms with Crippen LogP contribution in [0.25, 0.3) is 11.2 Å². The Hall–Kier alpha value is -1.95. The third-order valence-electron chi connectivity index (χ3n) is 4.52. The lowest BCUT2D eigenvalue weighted by Crippen LogP contribution is -2.33. The first-order chi connectivity index (χ1) is 13.5. The lowest BCUT2D eigenvalue weighted by Gasteiger charge is -2.16. The second kappa shape index (κ2) is 7.82. The van der Waals surface area contributed by atoms with Crippen LogP contribution in [0.5, 0.6) is 0 Å². The first-order valence-corrected chi connectivity index (χ1v) is 9.84. The first-order valence-electron chi connectivity index (χ1n) is 8.48. The van der Waals surface area contributed by atoms with Gasteiger partial charge in [-0.05, 0) is 11.6 Å². The Morgan fingerprint density at radius 3 is 2.71 bits per heavy atom. The molecule has 0 saturated carbocycles. The van der Waals surface area contributed by atoms with E-state index in [1.165, 1.54) is 22.7 Å². The molecule has 1 aromatic carbocycles. The van der Waals surface area contributed by atoms with Crippen LogP contribution in [0.2, 0.25) is 5.02 Å². The van der Waals surface area contributed by atoms with Gasteiger partial charge in [0.05, 0.1) is 12.9 Å². The molecule has 5 N–H and O–H groups in total. The number of halogens is 1. The smallest absolute Gasteiger partial charge is 0.223 e. The van der Waals surface area contributed by atoms with Crippen LogP contribution in [0.15, 0.2) is 35.6 Å². The minimum Gasteiger partial charge on any atom is -0.394 e. The highest BCUT2D eigenvalue weighted by atomic mass is 35.5. The fourth-order valence-electron chi connectivity index (χ4n) is 3.06. The number of aliphatic hydroxyl groups excluding tert-OH is 3. The Bertz CT molecular complexity index is 1000. The zero-order valence-electron chi connectivity index (χ0n) is 14.5. The Balaban J connectivity index is 1.66. The summed E-state index contributed by atoms with van der Waals surface area (Å²) < 4.78 is 7.04. The number of hydrogen-bond donors (Lipinski definition) is 4. The van der Waals surface area contributed by atoms with Crippen LogP contribution in [0.3, 0.4) is 0 Å². The molecule has 28 heavy (non-hydrogen) atoms. The number of thioether (sulfide) groups is 1. The van der Waals surface area contributed by atoms with Crippen molar-refractivity contribution in [2.24, 2.45) is 0 Å². The lowest BCUT2D eigenvalue weighted by molar-refractivity contribution is -0.0511. The van der Waals surface area contributed by atoms with Gasteiger partial charge >= 0.3 is 0 Å². The van der Waals surface area contributed by atoms with Crippen LogP contribution in [-0.4, -0.2) is 59.8 Å². The maximum Gasteiger partial charge on any atom is 0.223 e. The summed E-state index contributed by atoms with van der Waals surface area (Å²) in [6, 6.07) is 7.51. The SMILES string of the molecule is Nc1nc(SCc2ccccc2Cl)c2ncn([C@@H]3O[C@H](CO)[C@@H](O)[C@H]3O)c2n1. The van der Waals surface area contributed by atoms with Gasteiger partial charge in [-0.3, -0.25) is 4.57 Å². The molecule has 1 saturated heterocycles.